The van der Waals surface area contributed by atoms with E-state index in [0.29, 0.717) is 77.4 Å². The van der Waals surface area contributed by atoms with Gasteiger partial charge in [-0.05, 0) is 54.8 Å². The highest BCUT2D eigenvalue weighted by Gasteiger charge is 2.25. The number of Topliss-reactive ketones (excluding diaryl/α,β-unsaturated/α-hetero) is 2. The van der Waals surface area contributed by atoms with Crippen LogP contribution in [0, 0.1) is 5.82 Å². The van der Waals surface area contributed by atoms with E-state index >= 15 is 4.39 Å². The lowest BCUT2D eigenvalue weighted by atomic mass is 9.94. The lowest BCUT2D eigenvalue weighted by molar-refractivity contribution is -0.140. The Hall–Kier alpha value is -5.00. The van der Waals surface area contributed by atoms with Crippen LogP contribution in [0.25, 0.3) is 11.3 Å². The quantitative estimate of drug-likeness (QED) is 0.0775. The van der Waals surface area contributed by atoms with Crippen LogP contribution in [0.1, 0.15) is 70.5 Å². The summed E-state index contributed by atoms with van der Waals surface area (Å²) in [5.74, 6) is -0.706. The fraction of sp³-hybridized carbons (Fsp3) is 0.297. The number of carbonyl (C=O) groups is 3. The third-order valence-corrected chi connectivity index (χ3v) is 8.19. The summed E-state index contributed by atoms with van der Waals surface area (Å²) in [5, 5.41) is 9.11. The van der Waals surface area contributed by atoms with Crippen LogP contribution >= 0.6 is 11.6 Å². The SMILES string of the molecule is COc1cc(Cc2ncc3c(n2)-c2ccc(Cl)cc2C(c2c(F)cccc2OC)=NC3)ccc1C(=O)CCCOCCCC(=O)CC(=O)O. The van der Waals surface area contributed by atoms with Gasteiger partial charge in [0.2, 0.25) is 0 Å². The minimum absolute atomic E-state index is 0.0949. The molecule has 4 aromatic rings. The zero-order chi connectivity index (χ0) is 34.9. The number of methoxy groups -OCH3 is 2. The zero-order valence-electron chi connectivity index (χ0n) is 27.1. The van der Waals surface area contributed by atoms with Crippen LogP contribution in [0.4, 0.5) is 4.39 Å². The van der Waals surface area contributed by atoms with Gasteiger partial charge in [0.1, 0.15) is 35.3 Å². The molecule has 1 aliphatic heterocycles. The van der Waals surface area contributed by atoms with Crippen LogP contribution in [0.15, 0.2) is 65.8 Å². The van der Waals surface area contributed by atoms with Gasteiger partial charge in [-0.3, -0.25) is 19.4 Å². The summed E-state index contributed by atoms with van der Waals surface area (Å²) < 4.78 is 31.8. The van der Waals surface area contributed by atoms with Crippen LogP contribution in [-0.2, 0) is 27.3 Å². The molecule has 0 amide bonds. The van der Waals surface area contributed by atoms with Gasteiger partial charge in [0.15, 0.2) is 5.78 Å². The molecule has 254 valence electrons. The van der Waals surface area contributed by atoms with Crippen molar-refractivity contribution in [2.45, 2.75) is 45.1 Å². The summed E-state index contributed by atoms with van der Waals surface area (Å²) in [5.41, 5.74) is 4.74. The van der Waals surface area contributed by atoms with E-state index in [0.717, 1.165) is 16.7 Å². The number of aromatic nitrogens is 2. The topological polar surface area (TPSA) is 137 Å². The van der Waals surface area contributed by atoms with E-state index in [1.165, 1.54) is 20.3 Å². The molecule has 0 unspecified atom stereocenters. The maximum absolute atomic E-state index is 15.2. The zero-order valence-corrected chi connectivity index (χ0v) is 27.9. The van der Waals surface area contributed by atoms with Crippen LogP contribution < -0.4 is 9.47 Å². The highest BCUT2D eigenvalue weighted by Crippen LogP contribution is 2.36. The fourth-order valence-corrected chi connectivity index (χ4v) is 5.79. The molecule has 0 atom stereocenters. The van der Waals surface area contributed by atoms with Crippen molar-refractivity contribution < 1.29 is 38.1 Å². The highest BCUT2D eigenvalue weighted by atomic mass is 35.5. The molecule has 5 rings (SSSR count). The number of carboxylic acid groups (broad SMARTS) is 1. The third-order valence-electron chi connectivity index (χ3n) is 7.96. The Balaban J connectivity index is 1.28. The number of hydrogen-bond donors (Lipinski definition) is 1. The Morgan fingerprint density at radius 1 is 0.939 bits per heavy atom. The Labute approximate surface area is 287 Å². The molecular weight excluding hydrogens is 653 g/mol. The largest absolute Gasteiger partial charge is 0.496 e. The molecule has 0 fully saturated rings. The summed E-state index contributed by atoms with van der Waals surface area (Å²) in [7, 11) is 2.99. The van der Waals surface area contributed by atoms with Gasteiger partial charge in [-0.25, -0.2) is 14.4 Å². The Kier molecular flexibility index (Phi) is 11.8. The van der Waals surface area contributed by atoms with Crippen molar-refractivity contribution in [2.24, 2.45) is 4.99 Å². The van der Waals surface area contributed by atoms with E-state index in [-0.39, 0.29) is 36.5 Å². The summed E-state index contributed by atoms with van der Waals surface area (Å²) in [6.45, 7) is 0.873. The number of halogens is 2. The maximum Gasteiger partial charge on any atom is 0.310 e. The number of aliphatic carboxylic acids is 1. The van der Waals surface area contributed by atoms with Crippen LogP contribution in [0.5, 0.6) is 11.5 Å². The second kappa shape index (κ2) is 16.4. The molecule has 49 heavy (non-hydrogen) atoms. The summed E-state index contributed by atoms with van der Waals surface area (Å²) >= 11 is 6.42. The van der Waals surface area contributed by atoms with E-state index in [1.54, 1.807) is 42.6 Å². The predicted molar refractivity (Wildman–Crippen MR) is 181 cm³/mol. The van der Waals surface area contributed by atoms with Crippen molar-refractivity contribution in [3.05, 3.63) is 105 Å². The van der Waals surface area contributed by atoms with Gasteiger partial charge in [0, 0.05) is 60.4 Å². The molecule has 0 aliphatic carbocycles. The maximum atomic E-state index is 15.2. The number of ketones is 2. The van der Waals surface area contributed by atoms with Crippen LogP contribution in [0.2, 0.25) is 5.02 Å². The molecule has 0 bridgehead atoms. The first-order valence-electron chi connectivity index (χ1n) is 15.7. The predicted octanol–water partition coefficient (Wildman–Crippen LogP) is 6.70. The number of nitrogens with zero attached hydrogens (tertiary/aromatic N) is 3. The molecule has 12 heteroatoms. The summed E-state index contributed by atoms with van der Waals surface area (Å²) in [6, 6.07) is 15.4. The number of hydrogen-bond acceptors (Lipinski definition) is 9. The molecule has 0 saturated heterocycles. The molecule has 1 aromatic heterocycles. The van der Waals surface area contributed by atoms with Crippen molar-refractivity contribution in [1.29, 1.82) is 0 Å². The molecule has 0 spiro atoms. The Bertz CT molecular complexity index is 1910. The van der Waals surface area contributed by atoms with Crippen molar-refractivity contribution in [2.75, 3.05) is 27.4 Å². The van der Waals surface area contributed by atoms with Gasteiger partial charge in [-0.1, -0.05) is 29.8 Å². The molecular formula is C37H35ClFN3O7. The Morgan fingerprint density at radius 3 is 2.47 bits per heavy atom. The van der Waals surface area contributed by atoms with Crippen molar-refractivity contribution in [3.8, 4) is 22.8 Å². The van der Waals surface area contributed by atoms with Crippen molar-refractivity contribution in [3.63, 3.8) is 0 Å². The molecule has 2 heterocycles. The van der Waals surface area contributed by atoms with Crippen LogP contribution in [0.3, 0.4) is 0 Å². The number of rotatable bonds is 16. The number of carboxylic acids is 1. The van der Waals surface area contributed by atoms with Gasteiger partial charge in [0.25, 0.3) is 0 Å². The van der Waals surface area contributed by atoms with Crippen LogP contribution in [-0.4, -0.2) is 65.8 Å². The Morgan fingerprint density at radius 2 is 1.71 bits per heavy atom. The lowest BCUT2D eigenvalue weighted by Gasteiger charge is -2.15. The first kappa shape index (κ1) is 35.3. The van der Waals surface area contributed by atoms with Gasteiger partial charge in [0.05, 0.1) is 43.3 Å². The molecule has 10 nitrogen and oxygen atoms in total. The van der Waals surface area contributed by atoms with E-state index in [9.17, 15) is 14.4 Å². The lowest BCUT2D eigenvalue weighted by Crippen LogP contribution is -2.09. The average molecular weight is 688 g/mol. The van der Waals surface area contributed by atoms with E-state index in [1.807, 2.05) is 12.1 Å². The summed E-state index contributed by atoms with van der Waals surface area (Å²) in [4.78, 5) is 49.3. The van der Waals surface area contributed by atoms with E-state index in [2.05, 4.69) is 4.98 Å². The third kappa shape index (κ3) is 8.73. The number of fused-ring (bicyclic) bond motifs is 3. The second-order valence-corrected chi connectivity index (χ2v) is 11.8. The van der Waals surface area contributed by atoms with E-state index in [4.69, 9.17) is 40.9 Å². The van der Waals surface area contributed by atoms with Gasteiger partial charge in [-0.15, -0.1) is 0 Å². The highest BCUT2D eigenvalue weighted by molar-refractivity contribution is 6.31. The first-order chi connectivity index (χ1) is 23.7. The minimum Gasteiger partial charge on any atom is -0.496 e. The molecule has 3 aromatic carbocycles. The number of ether oxygens (including phenoxy) is 3. The standard InChI is InChI=1S/C37H35ClFN3O7/c1-47-31-9-3-7-29(39)35(31)37-28-18-24(38)11-13-26(28)36-23(21-41-37)20-40-33(42-36)17-22-10-12-27(32(16-22)48-2)30(44)8-5-15-49-14-4-6-25(43)19-34(45)46/h3,7,9-13,16,18,20H,4-6,8,14-15,17,19,21H2,1-2H3,(H,45,46). The number of benzene rings is 3. The number of carbonyl (C=O) groups excluding carboxylic acids is 2. The van der Waals surface area contributed by atoms with Gasteiger partial charge < -0.3 is 19.3 Å². The smallest absolute Gasteiger partial charge is 0.310 e. The van der Waals surface area contributed by atoms with Crippen molar-refractivity contribution in [1.82, 2.24) is 9.97 Å². The molecule has 0 saturated carbocycles. The number of aliphatic imine (C=N–C) groups is 1. The average Bonchev–Trinajstić information content (AvgIpc) is 3.23. The summed E-state index contributed by atoms with van der Waals surface area (Å²) in [6.07, 6.45) is 2.91. The normalized spacial score (nSPS) is 12.0. The van der Waals surface area contributed by atoms with Gasteiger partial charge in [-0.2, -0.15) is 0 Å². The fourth-order valence-electron chi connectivity index (χ4n) is 5.62. The van der Waals surface area contributed by atoms with E-state index < -0.39 is 18.2 Å². The second-order valence-electron chi connectivity index (χ2n) is 11.4. The monoisotopic (exact) mass is 687 g/mol. The van der Waals surface area contributed by atoms with Crippen molar-refractivity contribution >= 4 is 34.8 Å². The minimum atomic E-state index is -1.14. The molecule has 1 aliphatic rings. The van der Waals surface area contributed by atoms with Gasteiger partial charge >= 0.3 is 5.97 Å². The first-order valence-corrected chi connectivity index (χ1v) is 16.1. The molecule has 0 radical (unpaired) electrons. The molecule has 1 N–H and O–H groups in total.